The minimum Gasteiger partial charge on any atom is -0.325 e. The van der Waals surface area contributed by atoms with Gasteiger partial charge < -0.3 is 10.6 Å². The van der Waals surface area contributed by atoms with Crippen LogP contribution in [0.5, 0.6) is 0 Å². The molecule has 26 heavy (non-hydrogen) atoms. The molecule has 0 saturated heterocycles. The van der Waals surface area contributed by atoms with Gasteiger partial charge in [0, 0.05) is 5.69 Å². The monoisotopic (exact) mass is 362 g/mol. The Balaban J connectivity index is 1.78. The van der Waals surface area contributed by atoms with Gasteiger partial charge in [0.05, 0.1) is 5.69 Å². The maximum Gasteiger partial charge on any atom is 0.240 e. The lowest BCUT2D eigenvalue weighted by Crippen LogP contribution is -2.36. The summed E-state index contributed by atoms with van der Waals surface area (Å²) in [6.45, 7) is 3.75. The number of carbonyl (C=O) groups excluding carboxylic acids is 2. The second-order valence-electron chi connectivity index (χ2n) is 6.46. The molecule has 0 spiro atoms. The molecule has 1 fully saturated rings. The summed E-state index contributed by atoms with van der Waals surface area (Å²) < 4.78 is 40.0. The van der Waals surface area contributed by atoms with Crippen LogP contribution in [0.25, 0.3) is 0 Å². The summed E-state index contributed by atoms with van der Waals surface area (Å²) >= 11 is 0. The number of aryl methyl sites for hydroxylation is 1. The molecule has 0 aliphatic heterocycles. The molecule has 2 amide bonds. The van der Waals surface area contributed by atoms with Crippen molar-refractivity contribution in [3.8, 4) is 0 Å². The van der Waals surface area contributed by atoms with Crippen molar-refractivity contribution in [2.75, 3.05) is 10.6 Å². The Hall–Kier alpha value is -2.83. The van der Waals surface area contributed by atoms with Crippen molar-refractivity contribution in [2.24, 2.45) is 5.41 Å². The molecule has 0 heterocycles. The molecule has 1 saturated carbocycles. The summed E-state index contributed by atoms with van der Waals surface area (Å²) in [7, 11) is 0. The first-order chi connectivity index (χ1) is 12.3. The van der Waals surface area contributed by atoms with Gasteiger partial charge in [0.25, 0.3) is 0 Å². The zero-order valence-electron chi connectivity index (χ0n) is 14.3. The van der Waals surface area contributed by atoms with Gasteiger partial charge in [-0.15, -0.1) is 0 Å². The van der Waals surface area contributed by atoms with E-state index in [1.54, 1.807) is 12.1 Å². The standard InChI is InChI=1S/C19H17F3N2O2/c1-10-4-3-5-13(11(10)2)23-17(25)19(8-9-19)18(26)24-14-7-6-12(20)15(21)16(14)22/h3-7H,8-9H2,1-2H3,(H,23,25)(H,24,26). The van der Waals surface area contributed by atoms with Crippen LogP contribution in [0.15, 0.2) is 30.3 Å². The van der Waals surface area contributed by atoms with Crippen LogP contribution < -0.4 is 10.6 Å². The number of halogens is 3. The van der Waals surface area contributed by atoms with Gasteiger partial charge in [0.15, 0.2) is 17.5 Å². The summed E-state index contributed by atoms with van der Waals surface area (Å²) in [6, 6.07) is 7.04. The fraction of sp³-hybridized carbons (Fsp3) is 0.263. The lowest BCUT2D eigenvalue weighted by atomic mass is 10.0. The van der Waals surface area contributed by atoms with Crippen LogP contribution >= 0.6 is 0 Å². The smallest absolute Gasteiger partial charge is 0.240 e. The predicted octanol–water partition coefficient (Wildman–Crippen LogP) is 4.08. The highest BCUT2D eigenvalue weighted by Crippen LogP contribution is 2.47. The van der Waals surface area contributed by atoms with Crippen LogP contribution in [0.2, 0.25) is 0 Å². The van der Waals surface area contributed by atoms with Gasteiger partial charge in [-0.05, 0) is 56.0 Å². The van der Waals surface area contributed by atoms with Crippen LogP contribution in [0.4, 0.5) is 24.5 Å². The van der Waals surface area contributed by atoms with E-state index in [1.165, 1.54) is 0 Å². The summed E-state index contributed by atoms with van der Waals surface area (Å²) in [5.74, 6) is -5.78. The molecule has 3 rings (SSSR count). The first kappa shape index (κ1) is 18.0. The predicted molar refractivity (Wildman–Crippen MR) is 91.2 cm³/mol. The molecule has 7 heteroatoms. The first-order valence-electron chi connectivity index (χ1n) is 8.09. The highest BCUT2D eigenvalue weighted by molar-refractivity contribution is 6.17. The molecular formula is C19H17F3N2O2. The average Bonchev–Trinajstić information content (AvgIpc) is 3.41. The first-order valence-corrected chi connectivity index (χ1v) is 8.09. The maximum atomic E-state index is 13.7. The second-order valence-corrected chi connectivity index (χ2v) is 6.46. The lowest BCUT2D eigenvalue weighted by molar-refractivity contribution is -0.131. The number of hydrogen-bond acceptors (Lipinski definition) is 2. The minimum absolute atomic E-state index is 0.292. The highest BCUT2D eigenvalue weighted by Gasteiger charge is 2.56. The third kappa shape index (κ3) is 3.05. The highest BCUT2D eigenvalue weighted by atomic mass is 19.2. The van der Waals surface area contributed by atoms with Crippen LogP contribution in [-0.4, -0.2) is 11.8 Å². The van der Waals surface area contributed by atoms with Gasteiger partial charge in [-0.3, -0.25) is 9.59 Å². The van der Waals surface area contributed by atoms with E-state index >= 15 is 0 Å². The lowest BCUT2D eigenvalue weighted by Gasteiger charge is -2.17. The summed E-state index contributed by atoms with van der Waals surface area (Å²) in [5.41, 5.74) is 0.616. The fourth-order valence-electron chi connectivity index (χ4n) is 2.68. The fourth-order valence-corrected chi connectivity index (χ4v) is 2.68. The Kier molecular flexibility index (Phi) is 4.48. The van der Waals surface area contributed by atoms with Crippen LogP contribution in [0.1, 0.15) is 24.0 Å². The van der Waals surface area contributed by atoms with Crippen molar-refractivity contribution >= 4 is 23.2 Å². The number of nitrogens with one attached hydrogen (secondary N) is 2. The largest absolute Gasteiger partial charge is 0.325 e. The minimum atomic E-state index is -1.67. The molecule has 136 valence electrons. The normalized spacial score (nSPS) is 14.7. The number of rotatable bonds is 4. The van der Waals surface area contributed by atoms with Gasteiger partial charge >= 0.3 is 0 Å². The topological polar surface area (TPSA) is 58.2 Å². The van der Waals surface area contributed by atoms with E-state index in [0.717, 1.165) is 17.2 Å². The number of benzene rings is 2. The number of carbonyl (C=O) groups is 2. The van der Waals surface area contributed by atoms with E-state index in [4.69, 9.17) is 0 Å². The van der Waals surface area contributed by atoms with Crippen LogP contribution in [0, 0.1) is 36.7 Å². The molecule has 1 aliphatic rings. The van der Waals surface area contributed by atoms with Crippen molar-refractivity contribution in [3.05, 3.63) is 58.9 Å². The maximum absolute atomic E-state index is 13.7. The Morgan fingerprint density at radius 1 is 0.885 bits per heavy atom. The van der Waals surface area contributed by atoms with E-state index in [-0.39, 0.29) is 0 Å². The molecule has 0 aromatic heterocycles. The summed E-state index contributed by atoms with van der Waals surface area (Å²) in [6.07, 6.45) is 0.585. The zero-order valence-corrected chi connectivity index (χ0v) is 14.3. The molecule has 4 nitrogen and oxygen atoms in total. The summed E-state index contributed by atoms with van der Waals surface area (Å²) in [5, 5.41) is 4.92. The Morgan fingerprint density at radius 3 is 2.12 bits per heavy atom. The molecule has 2 aromatic rings. The van der Waals surface area contributed by atoms with Crippen molar-refractivity contribution in [1.82, 2.24) is 0 Å². The quantitative estimate of drug-likeness (QED) is 0.636. The molecule has 2 N–H and O–H groups in total. The molecular weight excluding hydrogens is 345 g/mol. The van der Waals surface area contributed by atoms with Gasteiger partial charge in [-0.25, -0.2) is 13.2 Å². The number of hydrogen-bond donors (Lipinski definition) is 2. The third-order valence-corrected chi connectivity index (χ3v) is 4.76. The van der Waals surface area contributed by atoms with E-state index < -0.39 is 40.4 Å². The zero-order chi connectivity index (χ0) is 19.1. The van der Waals surface area contributed by atoms with Crippen LogP contribution in [0.3, 0.4) is 0 Å². The van der Waals surface area contributed by atoms with E-state index in [2.05, 4.69) is 10.6 Å². The second kappa shape index (κ2) is 6.48. The molecule has 2 aromatic carbocycles. The molecule has 1 aliphatic carbocycles. The van der Waals surface area contributed by atoms with Crippen LogP contribution in [-0.2, 0) is 9.59 Å². The Morgan fingerprint density at radius 2 is 1.50 bits per heavy atom. The van der Waals surface area contributed by atoms with Gasteiger partial charge in [0.2, 0.25) is 11.8 Å². The third-order valence-electron chi connectivity index (χ3n) is 4.76. The van der Waals surface area contributed by atoms with Crippen molar-refractivity contribution in [1.29, 1.82) is 0 Å². The van der Waals surface area contributed by atoms with Gasteiger partial charge in [-0.1, -0.05) is 12.1 Å². The van der Waals surface area contributed by atoms with Gasteiger partial charge in [-0.2, -0.15) is 0 Å². The SMILES string of the molecule is Cc1cccc(NC(=O)C2(C(=O)Nc3ccc(F)c(F)c3F)CC2)c1C. The molecule has 0 unspecified atom stereocenters. The number of anilines is 2. The Bertz CT molecular complexity index is 908. The van der Waals surface area contributed by atoms with E-state index in [1.807, 2.05) is 19.9 Å². The average molecular weight is 362 g/mol. The van der Waals surface area contributed by atoms with Gasteiger partial charge in [0.1, 0.15) is 5.41 Å². The number of amides is 2. The Labute approximate surface area is 148 Å². The van der Waals surface area contributed by atoms with Crippen molar-refractivity contribution in [2.45, 2.75) is 26.7 Å². The van der Waals surface area contributed by atoms with E-state index in [9.17, 15) is 22.8 Å². The molecule has 0 bridgehead atoms. The molecule has 0 atom stereocenters. The van der Waals surface area contributed by atoms with Crippen molar-refractivity contribution in [3.63, 3.8) is 0 Å². The molecule has 0 radical (unpaired) electrons. The van der Waals surface area contributed by atoms with Crippen molar-refractivity contribution < 1.29 is 22.8 Å². The summed E-state index contributed by atoms with van der Waals surface area (Å²) in [4.78, 5) is 25.1. The van der Waals surface area contributed by atoms with E-state index in [0.29, 0.717) is 24.6 Å².